The van der Waals surface area contributed by atoms with Crippen molar-refractivity contribution < 1.29 is 13.2 Å². The van der Waals surface area contributed by atoms with Crippen LogP contribution in [0.25, 0.3) is 0 Å². The van der Waals surface area contributed by atoms with Crippen LogP contribution >= 0.6 is 0 Å². The maximum Gasteiger partial charge on any atom is 0.240 e. The molecule has 0 saturated carbocycles. The fraction of sp³-hybridized carbons (Fsp3) is 0.600. The predicted octanol–water partition coefficient (Wildman–Crippen LogP) is 1.63. The van der Waals surface area contributed by atoms with E-state index in [0.717, 1.165) is 25.1 Å². The summed E-state index contributed by atoms with van der Waals surface area (Å²) in [5.41, 5.74) is 2.23. The van der Waals surface area contributed by atoms with Gasteiger partial charge < -0.3 is 10.1 Å². The van der Waals surface area contributed by atoms with E-state index in [2.05, 4.69) is 23.9 Å². The van der Waals surface area contributed by atoms with E-state index in [1.54, 1.807) is 12.1 Å². The molecule has 1 aromatic rings. The molecule has 0 unspecified atom stereocenters. The summed E-state index contributed by atoms with van der Waals surface area (Å²) in [6.45, 7) is 7.19. The molecule has 6 heteroatoms. The average Bonchev–Trinajstić information content (AvgIpc) is 2.89. The second-order valence-electron chi connectivity index (χ2n) is 5.73. The van der Waals surface area contributed by atoms with Gasteiger partial charge in [0.05, 0.1) is 11.5 Å². The van der Waals surface area contributed by atoms with E-state index in [-0.39, 0.29) is 0 Å². The van der Waals surface area contributed by atoms with Gasteiger partial charge in [0.15, 0.2) is 0 Å². The van der Waals surface area contributed by atoms with Gasteiger partial charge in [0, 0.05) is 26.2 Å². The zero-order chi connectivity index (χ0) is 15.3. The van der Waals surface area contributed by atoms with Crippen molar-refractivity contribution in [2.45, 2.75) is 38.3 Å². The highest BCUT2D eigenvalue weighted by Crippen LogP contribution is 2.19. The number of sulfonamides is 1. The van der Waals surface area contributed by atoms with Gasteiger partial charge in [-0.3, -0.25) is 0 Å². The maximum absolute atomic E-state index is 12.2. The Morgan fingerprint density at radius 3 is 2.76 bits per heavy atom. The van der Waals surface area contributed by atoms with Crippen LogP contribution in [0.15, 0.2) is 23.1 Å². The third kappa shape index (κ3) is 4.78. The SMILES string of the molecule is CC(C)CCOCCNS(=O)(=O)c1ccc2c(c1)CNC2. The molecule has 0 bridgehead atoms. The number of fused-ring (bicyclic) bond motifs is 1. The van der Waals surface area contributed by atoms with Gasteiger partial charge in [-0.1, -0.05) is 19.9 Å². The van der Waals surface area contributed by atoms with Gasteiger partial charge in [-0.15, -0.1) is 0 Å². The van der Waals surface area contributed by atoms with Crippen LogP contribution in [0.4, 0.5) is 0 Å². The Labute approximate surface area is 127 Å². The van der Waals surface area contributed by atoms with Gasteiger partial charge in [0.25, 0.3) is 0 Å². The molecule has 118 valence electrons. The van der Waals surface area contributed by atoms with Crippen molar-refractivity contribution in [2.75, 3.05) is 19.8 Å². The topological polar surface area (TPSA) is 67.4 Å². The molecule has 2 N–H and O–H groups in total. The molecule has 0 aliphatic carbocycles. The molecule has 1 aliphatic rings. The van der Waals surface area contributed by atoms with Crippen molar-refractivity contribution in [1.82, 2.24) is 10.0 Å². The number of rotatable bonds is 8. The quantitative estimate of drug-likeness (QED) is 0.716. The first-order valence-corrected chi connectivity index (χ1v) is 8.87. The molecule has 0 atom stereocenters. The second kappa shape index (κ2) is 7.35. The van der Waals surface area contributed by atoms with Gasteiger partial charge >= 0.3 is 0 Å². The van der Waals surface area contributed by atoms with Crippen LogP contribution in [0.5, 0.6) is 0 Å². The van der Waals surface area contributed by atoms with Crippen LogP contribution in [-0.2, 0) is 27.8 Å². The fourth-order valence-corrected chi connectivity index (χ4v) is 3.25. The minimum absolute atomic E-state index is 0.301. The minimum Gasteiger partial charge on any atom is -0.380 e. The van der Waals surface area contributed by atoms with E-state index < -0.39 is 10.0 Å². The molecule has 0 aromatic heterocycles. The lowest BCUT2D eigenvalue weighted by atomic mass is 10.1. The fourth-order valence-electron chi connectivity index (χ4n) is 2.19. The monoisotopic (exact) mass is 312 g/mol. The average molecular weight is 312 g/mol. The number of hydrogen-bond acceptors (Lipinski definition) is 4. The standard InChI is InChI=1S/C15H24N2O3S/c1-12(2)5-7-20-8-6-17-21(18,19)15-4-3-13-10-16-11-14(13)9-15/h3-4,9,12,16-17H,5-8,10-11H2,1-2H3. The first kappa shape index (κ1) is 16.4. The zero-order valence-corrected chi connectivity index (χ0v) is 13.5. The Morgan fingerprint density at radius 2 is 2.00 bits per heavy atom. The lowest BCUT2D eigenvalue weighted by Gasteiger charge is -2.09. The van der Waals surface area contributed by atoms with E-state index in [9.17, 15) is 8.42 Å². The van der Waals surface area contributed by atoms with E-state index in [0.29, 0.717) is 30.6 Å². The molecule has 0 amide bonds. The molecule has 0 spiro atoms. The Bertz CT molecular complexity index is 570. The summed E-state index contributed by atoms with van der Waals surface area (Å²) in [7, 11) is -3.44. The highest BCUT2D eigenvalue weighted by atomic mass is 32.2. The Morgan fingerprint density at radius 1 is 1.24 bits per heavy atom. The molecule has 1 aliphatic heterocycles. The van der Waals surface area contributed by atoms with Crippen molar-refractivity contribution in [3.63, 3.8) is 0 Å². The molecule has 0 saturated heterocycles. The summed E-state index contributed by atoms with van der Waals surface area (Å²) in [5, 5.41) is 3.21. The molecule has 2 rings (SSSR count). The van der Waals surface area contributed by atoms with E-state index in [1.165, 1.54) is 5.56 Å². The summed E-state index contributed by atoms with van der Waals surface area (Å²) in [4.78, 5) is 0.326. The van der Waals surface area contributed by atoms with E-state index in [1.807, 2.05) is 6.07 Å². The predicted molar refractivity (Wildman–Crippen MR) is 82.4 cm³/mol. The van der Waals surface area contributed by atoms with Crippen molar-refractivity contribution in [3.05, 3.63) is 29.3 Å². The molecule has 0 fully saturated rings. The lowest BCUT2D eigenvalue weighted by molar-refractivity contribution is 0.128. The number of hydrogen-bond donors (Lipinski definition) is 2. The van der Waals surface area contributed by atoms with Crippen molar-refractivity contribution in [2.24, 2.45) is 5.92 Å². The summed E-state index contributed by atoms with van der Waals surface area (Å²) in [6.07, 6.45) is 0.991. The van der Waals surface area contributed by atoms with Crippen LogP contribution in [0.1, 0.15) is 31.4 Å². The van der Waals surface area contributed by atoms with Gasteiger partial charge in [0.2, 0.25) is 10.0 Å². The number of benzene rings is 1. The summed E-state index contributed by atoms with van der Waals surface area (Å²) in [6, 6.07) is 5.29. The molecule has 0 radical (unpaired) electrons. The van der Waals surface area contributed by atoms with Crippen molar-refractivity contribution in [3.8, 4) is 0 Å². The second-order valence-corrected chi connectivity index (χ2v) is 7.49. The van der Waals surface area contributed by atoms with Crippen LogP contribution in [0.2, 0.25) is 0 Å². The first-order valence-electron chi connectivity index (χ1n) is 7.39. The normalized spacial score (nSPS) is 14.6. The summed E-state index contributed by atoms with van der Waals surface area (Å²) in [5.74, 6) is 0.599. The highest BCUT2D eigenvalue weighted by Gasteiger charge is 2.17. The van der Waals surface area contributed by atoms with Gasteiger partial charge in [-0.25, -0.2) is 13.1 Å². The Balaban J connectivity index is 1.82. The number of nitrogens with one attached hydrogen (secondary N) is 2. The van der Waals surface area contributed by atoms with Crippen molar-refractivity contribution >= 4 is 10.0 Å². The van der Waals surface area contributed by atoms with Crippen LogP contribution < -0.4 is 10.0 Å². The largest absolute Gasteiger partial charge is 0.380 e. The maximum atomic E-state index is 12.2. The van der Waals surface area contributed by atoms with Crippen molar-refractivity contribution in [1.29, 1.82) is 0 Å². The Hall–Kier alpha value is -0.950. The minimum atomic E-state index is -3.44. The first-order chi connectivity index (χ1) is 9.99. The third-order valence-corrected chi connectivity index (χ3v) is 4.96. The summed E-state index contributed by atoms with van der Waals surface area (Å²) < 4.78 is 32.4. The summed E-state index contributed by atoms with van der Waals surface area (Å²) >= 11 is 0. The van der Waals surface area contributed by atoms with Gasteiger partial charge in [-0.2, -0.15) is 0 Å². The number of ether oxygens (including phenoxy) is 1. The molecule has 5 nitrogen and oxygen atoms in total. The van der Waals surface area contributed by atoms with E-state index in [4.69, 9.17) is 4.74 Å². The molecular weight excluding hydrogens is 288 g/mol. The highest BCUT2D eigenvalue weighted by molar-refractivity contribution is 7.89. The van der Waals surface area contributed by atoms with Crippen LogP contribution in [0.3, 0.4) is 0 Å². The molecular formula is C15H24N2O3S. The Kier molecular flexibility index (Phi) is 5.75. The zero-order valence-electron chi connectivity index (χ0n) is 12.7. The van der Waals surface area contributed by atoms with Crippen LogP contribution in [-0.4, -0.2) is 28.2 Å². The van der Waals surface area contributed by atoms with E-state index >= 15 is 0 Å². The van der Waals surface area contributed by atoms with Gasteiger partial charge in [-0.05, 0) is 35.6 Å². The lowest BCUT2D eigenvalue weighted by Crippen LogP contribution is -2.27. The smallest absolute Gasteiger partial charge is 0.240 e. The third-order valence-electron chi connectivity index (χ3n) is 3.50. The van der Waals surface area contributed by atoms with Gasteiger partial charge in [0.1, 0.15) is 0 Å². The molecule has 21 heavy (non-hydrogen) atoms. The molecule has 1 aromatic carbocycles. The van der Waals surface area contributed by atoms with Crippen LogP contribution in [0, 0.1) is 5.92 Å². The molecule has 1 heterocycles.